The zero-order chi connectivity index (χ0) is 12.3. The zero-order valence-electron chi connectivity index (χ0n) is 10.2. The standard InChI is InChI=1S/C11H18N6/c1-3-6-17-10(4-5-13-17)11(15-12)9-7-14-16(2)8-9/h4-5,7-8,11,15H,3,6,12H2,1-2H3. The molecule has 2 aromatic heterocycles. The van der Waals surface area contributed by atoms with Crippen LogP contribution >= 0.6 is 0 Å². The van der Waals surface area contributed by atoms with Gasteiger partial charge in [0, 0.05) is 31.5 Å². The highest BCUT2D eigenvalue weighted by Crippen LogP contribution is 2.20. The Labute approximate surface area is 100 Å². The van der Waals surface area contributed by atoms with Gasteiger partial charge in [0.15, 0.2) is 0 Å². The molecule has 2 heterocycles. The SMILES string of the molecule is CCCn1nccc1C(NN)c1cnn(C)c1. The number of nitrogens with zero attached hydrogens (tertiary/aromatic N) is 4. The van der Waals surface area contributed by atoms with Crippen LogP contribution in [0.5, 0.6) is 0 Å². The third kappa shape index (κ3) is 2.37. The lowest BCUT2D eigenvalue weighted by Gasteiger charge is -2.16. The molecule has 6 nitrogen and oxygen atoms in total. The summed E-state index contributed by atoms with van der Waals surface area (Å²) in [6.45, 7) is 3.02. The van der Waals surface area contributed by atoms with E-state index in [2.05, 4.69) is 22.5 Å². The average molecular weight is 234 g/mol. The van der Waals surface area contributed by atoms with Crippen LogP contribution in [0.2, 0.25) is 0 Å². The van der Waals surface area contributed by atoms with Gasteiger partial charge in [0.25, 0.3) is 0 Å². The van der Waals surface area contributed by atoms with Gasteiger partial charge < -0.3 is 0 Å². The largest absolute Gasteiger partial charge is 0.275 e. The van der Waals surface area contributed by atoms with E-state index in [0.717, 1.165) is 24.2 Å². The van der Waals surface area contributed by atoms with Gasteiger partial charge in [-0.2, -0.15) is 10.2 Å². The number of hydrazine groups is 1. The van der Waals surface area contributed by atoms with E-state index in [1.165, 1.54) is 0 Å². The second-order valence-corrected chi connectivity index (χ2v) is 4.03. The van der Waals surface area contributed by atoms with E-state index in [0.29, 0.717) is 0 Å². The third-order valence-electron chi connectivity index (χ3n) is 2.71. The summed E-state index contributed by atoms with van der Waals surface area (Å²) >= 11 is 0. The minimum absolute atomic E-state index is 0.0715. The summed E-state index contributed by atoms with van der Waals surface area (Å²) < 4.78 is 3.73. The Bertz CT molecular complexity index is 472. The van der Waals surface area contributed by atoms with Crippen molar-refractivity contribution in [3.05, 3.63) is 35.9 Å². The zero-order valence-corrected chi connectivity index (χ0v) is 10.2. The quantitative estimate of drug-likeness (QED) is 0.586. The van der Waals surface area contributed by atoms with Crippen LogP contribution in [0.25, 0.3) is 0 Å². The predicted molar refractivity (Wildman–Crippen MR) is 64.9 cm³/mol. The first-order valence-electron chi connectivity index (χ1n) is 5.72. The molecule has 0 aliphatic heterocycles. The van der Waals surface area contributed by atoms with Crippen LogP contribution in [0.1, 0.15) is 30.6 Å². The fraction of sp³-hybridized carbons (Fsp3) is 0.455. The Kier molecular flexibility index (Phi) is 3.55. The maximum absolute atomic E-state index is 5.64. The number of aryl methyl sites for hydroxylation is 2. The van der Waals surface area contributed by atoms with E-state index < -0.39 is 0 Å². The molecule has 0 fully saturated rings. The highest BCUT2D eigenvalue weighted by molar-refractivity contribution is 5.23. The lowest BCUT2D eigenvalue weighted by atomic mass is 10.1. The van der Waals surface area contributed by atoms with Gasteiger partial charge in [0.2, 0.25) is 0 Å². The third-order valence-corrected chi connectivity index (χ3v) is 2.71. The van der Waals surface area contributed by atoms with Gasteiger partial charge in [-0.1, -0.05) is 6.92 Å². The topological polar surface area (TPSA) is 73.7 Å². The maximum atomic E-state index is 5.64. The molecule has 0 spiro atoms. The van der Waals surface area contributed by atoms with Crippen molar-refractivity contribution in [3.8, 4) is 0 Å². The molecule has 17 heavy (non-hydrogen) atoms. The number of hydrogen-bond donors (Lipinski definition) is 2. The van der Waals surface area contributed by atoms with Crippen LogP contribution in [0, 0.1) is 0 Å². The van der Waals surface area contributed by atoms with Crippen molar-refractivity contribution >= 4 is 0 Å². The molecule has 0 saturated carbocycles. The van der Waals surface area contributed by atoms with Crippen LogP contribution in [-0.4, -0.2) is 19.6 Å². The lowest BCUT2D eigenvalue weighted by Crippen LogP contribution is -2.30. The molecule has 0 aromatic carbocycles. The number of nitrogens with one attached hydrogen (secondary N) is 1. The summed E-state index contributed by atoms with van der Waals surface area (Å²) in [5.41, 5.74) is 4.91. The monoisotopic (exact) mass is 234 g/mol. The van der Waals surface area contributed by atoms with Gasteiger partial charge in [-0.3, -0.25) is 15.2 Å². The van der Waals surface area contributed by atoms with Gasteiger partial charge in [-0.25, -0.2) is 5.43 Å². The van der Waals surface area contributed by atoms with E-state index in [1.54, 1.807) is 10.9 Å². The van der Waals surface area contributed by atoms with Crippen LogP contribution in [0.15, 0.2) is 24.7 Å². The molecule has 0 bridgehead atoms. The fourth-order valence-electron chi connectivity index (χ4n) is 1.93. The molecule has 0 aliphatic rings. The smallest absolute Gasteiger partial charge is 0.0908 e. The summed E-state index contributed by atoms with van der Waals surface area (Å²) in [6.07, 6.45) is 6.60. The van der Waals surface area contributed by atoms with E-state index in [4.69, 9.17) is 5.84 Å². The van der Waals surface area contributed by atoms with Crippen molar-refractivity contribution in [2.45, 2.75) is 25.9 Å². The summed E-state index contributed by atoms with van der Waals surface area (Å²) in [5.74, 6) is 5.64. The summed E-state index contributed by atoms with van der Waals surface area (Å²) in [6, 6.07) is 1.91. The van der Waals surface area contributed by atoms with Gasteiger partial charge >= 0.3 is 0 Å². The molecule has 3 N–H and O–H groups in total. The molecule has 92 valence electrons. The Morgan fingerprint density at radius 1 is 1.47 bits per heavy atom. The number of aromatic nitrogens is 4. The Morgan fingerprint density at radius 2 is 2.29 bits per heavy atom. The van der Waals surface area contributed by atoms with Crippen LogP contribution in [-0.2, 0) is 13.6 Å². The van der Waals surface area contributed by atoms with Crippen molar-refractivity contribution in [3.63, 3.8) is 0 Å². The van der Waals surface area contributed by atoms with E-state index in [-0.39, 0.29) is 6.04 Å². The van der Waals surface area contributed by atoms with Crippen molar-refractivity contribution < 1.29 is 0 Å². The predicted octanol–water partition coefficient (Wildman–Crippen LogP) is 0.579. The molecule has 0 aliphatic carbocycles. The first kappa shape index (κ1) is 11.8. The minimum atomic E-state index is -0.0715. The fourth-order valence-corrected chi connectivity index (χ4v) is 1.93. The van der Waals surface area contributed by atoms with Crippen molar-refractivity contribution in [2.75, 3.05) is 0 Å². The highest BCUT2D eigenvalue weighted by atomic mass is 15.3. The van der Waals surface area contributed by atoms with Crippen LogP contribution < -0.4 is 11.3 Å². The number of hydrogen-bond acceptors (Lipinski definition) is 4. The van der Waals surface area contributed by atoms with E-state index >= 15 is 0 Å². The second-order valence-electron chi connectivity index (χ2n) is 4.03. The lowest BCUT2D eigenvalue weighted by molar-refractivity contribution is 0.521. The van der Waals surface area contributed by atoms with Gasteiger partial charge in [0.05, 0.1) is 17.9 Å². The molecule has 1 unspecified atom stereocenters. The Balaban J connectivity index is 2.31. The van der Waals surface area contributed by atoms with Crippen LogP contribution in [0.3, 0.4) is 0 Å². The van der Waals surface area contributed by atoms with Gasteiger partial charge in [-0.05, 0) is 12.5 Å². The summed E-state index contributed by atoms with van der Waals surface area (Å²) in [5, 5.41) is 8.46. The second kappa shape index (κ2) is 5.11. The molecule has 2 aromatic rings. The number of nitrogens with two attached hydrogens (primary N) is 1. The average Bonchev–Trinajstić information content (AvgIpc) is 2.91. The van der Waals surface area contributed by atoms with E-state index in [9.17, 15) is 0 Å². The van der Waals surface area contributed by atoms with E-state index in [1.807, 2.05) is 30.2 Å². The van der Waals surface area contributed by atoms with Gasteiger partial charge in [0.1, 0.15) is 0 Å². The summed E-state index contributed by atoms with van der Waals surface area (Å²) in [7, 11) is 1.89. The minimum Gasteiger partial charge on any atom is -0.275 e. The summed E-state index contributed by atoms with van der Waals surface area (Å²) in [4.78, 5) is 0. The highest BCUT2D eigenvalue weighted by Gasteiger charge is 2.17. The molecule has 0 amide bonds. The molecule has 0 radical (unpaired) electrons. The normalized spacial score (nSPS) is 12.9. The first-order chi connectivity index (χ1) is 8.26. The first-order valence-corrected chi connectivity index (χ1v) is 5.72. The Hall–Kier alpha value is -1.66. The van der Waals surface area contributed by atoms with Gasteiger partial charge in [-0.15, -0.1) is 0 Å². The van der Waals surface area contributed by atoms with Crippen molar-refractivity contribution in [2.24, 2.45) is 12.9 Å². The molecular formula is C11H18N6. The molecule has 0 saturated heterocycles. The van der Waals surface area contributed by atoms with Crippen molar-refractivity contribution in [1.82, 2.24) is 25.0 Å². The molecular weight excluding hydrogens is 216 g/mol. The molecule has 2 rings (SSSR count). The Morgan fingerprint density at radius 3 is 2.88 bits per heavy atom. The number of rotatable bonds is 5. The molecule has 1 atom stereocenters. The maximum Gasteiger partial charge on any atom is 0.0908 e. The molecule has 6 heteroatoms. The van der Waals surface area contributed by atoms with Crippen LogP contribution in [0.4, 0.5) is 0 Å². The van der Waals surface area contributed by atoms with Crippen molar-refractivity contribution in [1.29, 1.82) is 0 Å².